The second-order valence-corrected chi connectivity index (χ2v) is 7.83. The maximum Gasteiger partial charge on any atom is 0.343 e. The molecule has 7 nitrogen and oxygen atoms in total. The number of anilines is 2. The molecule has 0 aliphatic heterocycles. The Morgan fingerprint density at radius 2 is 1.83 bits per heavy atom. The maximum absolute atomic E-state index is 12.6. The van der Waals surface area contributed by atoms with Crippen LogP contribution in [0.5, 0.6) is 17.2 Å². The Bertz CT molecular complexity index is 1210. The van der Waals surface area contributed by atoms with E-state index in [0.717, 1.165) is 24.0 Å². The number of rotatable bonds is 11. The highest BCUT2D eigenvalue weighted by atomic mass is 16.6. The summed E-state index contributed by atoms with van der Waals surface area (Å²) in [5.41, 5.74) is 15.5. The van der Waals surface area contributed by atoms with Crippen molar-refractivity contribution in [1.82, 2.24) is 0 Å². The third-order valence-electron chi connectivity index (χ3n) is 5.24. The molecule has 4 N–H and O–H groups in total. The smallest absolute Gasteiger partial charge is 0.343 e. The molecule has 0 heterocycles. The van der Waals surface area contributed by atoms with Crippen molar-refractivity contribution in [3.63, 3.8) is 0 Å². The number of hydrogen-bond acceptors (Lipinski definition) is 7. The SMILES string of the molecule is COc1cc(/C=C/CCc2ccc(N)cc2N)ccc1OC(=O)c1ccc(OCCCC#N)cc1. The molecule has 3 aromatic carbocycles. The molecule has 0 saturated heterocycles. The molecular formula is C28H29N3O4. The van der Waals surface area contributed by atoms with Crippen LogP contribution >= 0.6 is 0 Å². The normalized spacial score (nSPS) is 10.6. The fourth-order valence-electron chi connectivity index (χ4n) is 3.36. The van der Waals surface area contributed by atoms with Crippen molar-refractivity contribution in [2.24, 2.45) is 0 Å². The first-order chi connectivity index (χ1) is 17.0. The van der Waals surface area contributed by atoms with Crippen LogP contribution in [0.25, 0.3) is 6.08 Å². The number of hydrogen-bond donors (Lipinski definition) is 2. The van der Waals surface area contributed by atoms with Crippen LogP contribution in [0.15, 0.2) is 66.7 Å². The van der Waals surface area contributed by atoms with Crippen molar-refractivity contribution >= 4 is 23.4 Å². The van der Waals surface area contributed by atoms with Gasteiger partial charge < -0.3 is 25.7 Å². The first-order valence-corrected chi connectivity index (χ1v) is 11.3. The van der Waals surface area contributed by atoms with Gasteiger partial charge in [-0.05, 0) is 78.9 Å². The van der Waals surface area contributed by atoms with Crippen molar-refractivity contribution in [3.05, 3.63) is 83.4 Å². The van der Waals surface area contributed by atoms with Gasteiger partial charge in [-0.1, -0.05) is 24.3 Å². The predicted molar refractivity (Wildman–Crippen MR) is 137 cm³/mol. The second-order valence-electron chi connectivity index (χ2n) is 7.83. The molecule has 35 heavy (non-hydrogen) atoms. The number of ether oxygens (including phenoxy) is 3. The van der Waals surface area contributed by atoms with Crippen LogP contribution in [-0.4, -0.2) is 19.7 Å². The summed E-state index contributed by atoms with van der Waals surface area (Å²) in [6.07, 6.45) is 6.75. The van der Waals surface area contributed by atoms with E-state index < -0.39 is 5.97 Å². The minimum Gasteiger partial charge on any atom is -0.494 e. The molecule has 3 aromatic rings. The Hall–Kier alpha value is -4.44. The van der Waals surface area contributed by atoms with Gasteiger partial charge in [-0.2, -0.15) is 5.26 Å². The van der Waals surface area contributed by atoms with E-state index in [4.69, 9.17) is 30.9 Å². The summed E-state index contributed by atoms with van der Waals surface area (Å²) in [7, 11) is 1.53. The van der Waals surface area contributed by atoms with Crippen molar-refractivity contribution in [2.45, 2.75) is 25.7 Å². The summed E-state index contributed by atoms with van der Waals surface area (Å²) >= 11 is 0. The summed E-state index contributed by atoms with van der Waals surface area (Å²) < 4.78 is 16.5. The van der Waals surface area contributed by atoms with Gasteiger partial charge in [-0.25, -0.2) is 4.79 Å². The molecule has 7 heteroatoms. The van der Waals surface area contributed by atoms with Crippen molar-refractivity contribution in [3.8, 4) is 23.3 Å². The van der Waals surface area contributed by atoms with Crippen LogP contribution in [-0.2, 0) is 6.42 Å². The van der Waals surface area contributed by atoms with E-state index in [-0.39, 0.29) is 0 Å². The molecule has 3 rings (SSSR count). The lowest BCUT2D eigenvalue weighted by Crippen LogP contribution is -2.09. The lowest BCUT2D eigenvalue weighted by atomic mass is 10.1. The van der Waals surface area contributed by atoms with Crippen LogP contribution < -0.4 is 25.7 Å². The van der Waals surface area contributed by atoms with E-state index in [1.807, 2.05) is 30.3 Å². The number of nitrogens with zero attached hydrogens (tertiary/aromatic N) is 1. The summed E-state index contributed by atoms with van der Waals surface area (Å²) in [5.74, 6) is 0.929. The Balaban J connectivity index is 1.57. The molecule has 0 aliphatic rings. The number of carbonyl (C=O) groups is 1. The summed E-state index contributed by atoms with van der Waals surface area (Å²) in [6.45, 7) is 0.449. The fraction of sp³-hybridized carbons (Fsp3) is 0.214. The Morgan fingerprint density at radius 3 is 2.54 bits per heavy atom. The van der Waals surface area contributed by atoms with Gasteiger partial charge in [0.05, 0.1) is 25.3 Å². The van der Waals surface area contributed by atoms with Crippen molar-refractivity contribution in [2.75, 3.05) is 25.2 Å². The lowest BCUT2D eigenvalue weighted by Gasteiger charge is -2.11. The molecule has 0 saturated carbocycles. The topological polar surface area (TPSA) is 121 Å². The molecule has 0 atom stereocenters. The number of nitrogen functional groups attached to an aromatic ring is 2. The van der Waals surface area contributed by atoms with Crippen LogP contribution in [0, 0.1) is 11.3 Å². The molecule has 0 spiro atoms. The molecule has 0 radical (unpaired) electrons. The number of benzene rings is 3. The maximum atomic E-state index is 12.6. The van der Waals surface area contributed by atoms with E-state index in [9.17, 15) is 4.79 Å². The highest BCUT2D eigenvalue weighted by molar-refractivity contribution is 5.91. The largest absolute Gasteiger partial charge is 0.494 e. The first kappa shape index (κ1) is 25.2. The lowest BCUT2D eigenvalue weighted by molar-refractivity contribution is 0.0729. The highest BCUT2D eigenvalue weighted by Crippen LogP contribution is 2.29. The van der Waals surface area contributed by atoms with Crippen molar-refractivity contribution < 1.29 is 19.0 Å². The van der Waals surface area contributed by atoms with E-state index >= 15 is 0 Å². The summed E-state index contributed by atoms with van der Waals surface area (Å²) in [5, 5.41) is 8.56. The summed E-state index contributed by atoms with van der Waals surface area (Å²) in [4.78, 5) is 12.6. The number of nitrogens with two attached hydrogens (primary N) is 2. The molecule has 180 valence electrons. The minimum atomic E-state index is -0.497. The first-order valence-electron chi connectivity index (χ1n) is 11.3. The van der Waals surface area contributed by atoms with Gasteiger partial charge in [0, 0.05) is 17.8 Å². The third kappa shape index (κ3) is 7.54. The predicted octanol–water partition coefficient (Wildman–Crippen LogP) is 5.41. The Kier molecular flexibility index (Phi) is 9.14. The number of methoxy groups -OCH3 is 1. The Labute approximate surface area is 205 Å². The second kappa shape index (κ2) is 12.7. The highest BCUT2D eigenvalue weighted by Gasteiger charge is 2.13. The van der Waals surface area contributed by atoms with E-state index in [2.05, 4.69) is 12.1 Å². The van der Waals surface area contributed by atoms with E-state index in [1.165, 1.54) is 7.11 Å². The fourth-order valence-corrected chi connectivity index (χ4v) is 3.36. The van der Waals surface area contributed by atoms with Crippen LogP contribution in [0.3, 0.4) is 0 Å². The van der Waals surface area contributed by atoms with Crippen LogP contribution in [0.4, 0.5) is 11.4 Å². The van der Waals surface area contributed by atoms with Gasteiger partial charge in [0.1, 0.15) is 5.75 Å². The minimum absolute atomic E-state index is 0.334. The number of esters is 1. The van der Waals surface area contributed by atoms with Gasteiger partial charge in [0.25, 0.3) is 0 Å². The molecule has 0 bridgehead atoms. The molecule has 0 fully saturated rings. The quantitative estimate of drug-likeness (QED) is 0.166. The zero-order valence-corrected chi connectivity index (χ0v) is 19.7. The van der Waals surface area contributed by atoms with Crippen molar-refractivity contribution in [1.29, 1.82) is 5.26 Å². The number of nitriles is 1. The van der Waals surface area contributed by atoms with Gasteiger partial charge in [-0.3, -0.25) is 0 Å². The van der Waals surface area contributed by atoms with Gasteiger partial charge >= 0.3 is 5.97 Å². The molecule has 0 unspecified atom stereocenters. The zero-order valence-electron chi connectivity index (χ0n) is 19.7. The molecule has 0 aliphatic carbocycles. The zero-order chi connectivity index (χ0) is 25.0. The van der Waals surface area contributed by atoms with E-state index in [1.54, 1.807) is 36.4 Å². The number of unbranched alkanes of at least 4 members (excludes halogenated alkanes) is 1. The monoisotopic (exact) mass is 471 g/mol. The average Bonchev–Trinajstić information content (AvgIpc) is 2.86. The molecule has 0 aromatic heterocycles. The number of allylic oxidation sites excluding steroid dienone is 1. The summed E-state index contributed by atoms with van der Waals surface area (Å²) in [6, 6.07) is 19.7. The standard InChI is InChI=1S/C28H29N3O4/c1-33-27-18-20(6-2-3-7-21-9-12-23(30)19-25(21)31)8-15-26(27)35-28(32)22-10-13-24(14-11-22)34-17-5-4-16-29/h2,6,8-15,18-19H,3-5,7,17,30-31H2,1H3/b6-2+. The van der Waals surface area contributed by atoms with Gasteiger partial charge in [0.2, 0.25) is 0 Å². The third-order valence-corrected chi connectivity index (χ3v) is 5.24. The average molecular weight is 472 g/mol. The Morgan fingerprint density at radius 1 is 1.03 bits per heavy atom. The van der Waals surface area contributed by atoms with Gasteiger partial charge in [0.15, 0.2) is 11.5 Å². The van der Waals surface area contributed by atoms with Crippen LogP contribution in [0.1, 0.15) is 40.7 Å². The van der Waals surface area contributed by atoms with Gasteiger partial charge in [-0.15, -0.1) is 0 Å². The number of carbonyl (C=O) groups excluding carboxylic acids is 1. The molecule has 0 amide bonds. The molecular weight excluding hydrogens is 442 g/mol. The number of aryl methyl sites for hydroxylation is 1. The van der Waals surface area contributed by atoms with Crippen LogP contribution in [0.2, 0.25) is 0 Å². The van der Waals surface area contributed by atoms with E-state index in [0.29, 0.717) is 53.6 Å².